The molecule has 0 saturated heterocycles. The Morgan fingerprint density at radius 3 is 2.55 bits per heavy atom. The van der Waals surface area contributed by atoms with Gasteiger partial charge in [-0.2, -0.15) is 0 Å². The summed E-state index contributed by atoms with van der Waals surface area (Å²) in [5.74, 6) is 1.77. The molecule has 0 aliphatic heterocycles. The van der Waals surface area contributed by atoms with E-state index in [0.717, 1.165) is 0 Å². The molecular weight excluding hydrogens is 161 g/mol. The monoisotopic (exact) mass is 169 g/mol. The third kappa shape index (κ3) is 1.88. The van der Waals surface area contributed by atoms with Crippen molar-refractivity contribution in [3.63, 3.8) is 0 Å². The van der Waals surface area contributed by atoms with E-state index in [1.807, 2.05) is 0 Å². The summed E-state index contributed by atoms with van der Waals surface area (Å²) in [5.41, 5.74) is 0.676. The SMILES string of the molecule is Cc1bcccc1S(N)(=O)=O. The molecule has 5 heteroatoms. The van der Waals surface area contributed by atoms with Gasteiger partial charge in [-0.15, -0.1) is 0 Å². The van der Waals surface area contributed by atoms with Crippen molar-refractivity contribution in [1.29, 1.82) is 0 Å². The average molecular weight is 169 g/mol. The minimum atomic E-state index is -3.53. The molecule has 0 amide bonds. The predicted octanol–water partition coefficient (Wildman–Crippen LogP) is -0.0195. The first-order valence-corrected chi connectivity index (χ1v) is 4.65. The Kier molecular flexibility index (Phi) is 2.11. The molecule has 0 unspecified atom stereocenters. The third-order valence-electron chi connectivity index (χ3n) is 1.40. The molecule has 58 valence electrons. The summed E-state index contributed by atoms with van der Waals surface area (Å²) in [6.07, 6.45) is 0. The summed E-state index contributed by atoms with van der Waals surface area (Å²) in [4.78, 5) is 0.194. The van der Waals surface area contributed by atoms with E-state index in [9.17, 15) is 8.42 Å². The van der Waals surface area contributed by atoms with Crippen molar-refractivity contribution in [2.24, 2.45) is 5.14 Å². The number of hydrogen-bond donors (Lipinski definition) is 1. The zero-order chi connectivity index (χ0) is 8.48. The van der Waals surface area contributed by atoms with Gasteiger partial charge in [0.2, 0.25) is 0 Å². The van der Waals surface area contributed by atoms with E-state index in [2.05, 4.69) is 0 Å². The normalized spacial score (nSPS) is 11.1. The maximum atomic E-state index is 10.8. The quantitative estimate of drug-likeness (QED) is 0.642. The van der Waals surface area contributed by atoms with Crippen molar-refractivity contribution in [3.8, 4) is 0 Å². The Hall–Kier alpha value is -0.675. The fourth-order valence-electron chi connectivity index (χ4n) is 0.876. The van der Waals surface area contributed by atoms with E-state index in [1.54, 1.807) is 25.9 Å². The molecule has 0 radical (unpaired) electrons. The van der Waals surface area contributed by atoms with Gasteiger partial charge in [0.15, 0.2) is 0 Å². The van der Waals surface area contributed by atoms with Gasteiger partial charge in [0.1, 0.15) is 0 Å². The van der Waals surface area contributed by atoms with Crippen molar-refractivity contribution in [3.05, 3.63) is 23.6 Å². The topological polar surface area (TPSA) is 60.2 Å². The fourth-order valence-corrected chi connectivity index (χ4v) is 1.66. The van der Waals surface area contributed by atoms with Crippen LogP contribution < -0.4 is 5.14 Å². The Morgan fingerprint density at radius 1 is 1.55 bits per heavy atom. The van der Waals surface area contributed by atoms with Crippen molar-refractivity contribution < 1.29 is 8.42 Å². The minimum absolute atomic E-state index is 0.194. The van der Waals surface area contributed by atoms with Gasteiger partial charge in [0.05, 0.1) is 0 Å². The summed E-state index contributed by atoms with van der Waals surface area (Å²) in [6, 6.07) is 3.14. The van der Waals surface area contributed by atoms with Crippen LogP contribution in [-0.2, 0) is 10.0 Å². The Bertz CT molecular complexity index is 361. The molecule has 11 heavy (non-hydrogen) atoms. The van der Waals surface area contributed by atoms with Crippen molar-refractivity contribution in [1.82, 2.24) is 0 Å². The maximum absolute atomic E-state index is 10.8. The van der Waals surface area contributed by atoms with E-state index >= 15 is 0 Å². The molecule has 0 saturated carbocycles. The van der Waals surface area contributed by atoms with Crippen LogP contribution in [0.3, 0.4) is 0 Å². The van der Waals surface area contributed by atoms with Gasteiger partial charge in [-0.05, 0) is 0 Å². The van der Waals surface area contributed by atoms with Crippen LogP contribution in [0, 0.1) is 6.92 Å². The van der Waals surface area contributed by atoms with E-state index < -0.39 is 10.0 Å². The zero-order valence-corrected chi connectivity index (χ0v) is 6.93. The second-order valence-electron chi connectivity index (χ2n) is 2.31. The molecule has 0 spiro atoms. The second kappa shape index (κ2) is 2.75. The Labute approximate surface area is 66.5 Å². The van der Waals surface area contributed by atoms with Crippen LogP contribution in [0.2, 0.25) is 0 Å². The first-order chi connectivity index (χ1) is 5.02. The van der Waals surface area contributed by atoms with Crippen LogP contribution in [0.4, 0.5) is 0 Å². The summed E-state index contributed by atoms with van der Waals surface area (Å²) >= 11 is 0. The standard InChI is InChI=1S/C6H8BNO2S/c1-5-6(11(8,9)10)3-2-4-7-5/h2-4H,1H3,(H2,8,9,10). The number of sulfonamides is 1. The molecule has 0 atom stereocenters. The Morgan fingerprint density at radius 2 is 2.18 bits per heavy atom. The van der Waals surface area contributed by atoms with Gasteiger partial charge in [-0.1, -0.05) is 0 Å². The van der Waals surface area contributed by atoms with Crippen LogP contribution in [0.5, 0.6) is 0 Å². The molecule has 2 N–H and O–H groups in total. The van der Waals surface area contributed by atoms with Gasteiger partial charge in [0, 0.05) is 0 Å². The van der Waals surface area contributed by atoms with Crippen LogP contribution in [0.1, 0.15) is 5.46 Å². The summed E-state index contributed by atoms with van der Waals surface area (Å²) in [7, 11) is -3.53. The van der Waals surface area contributed by atoms with Gasteiger partial charge in [-0.25, -0.2) is 0 Å². The van der Waals surface area contributed by atoms with Crippen LogP contribution in [0.15, 0.2) is 23.0 Å². The number of nitrogens with two attached hydrogens (primary N) is 1. The van der Waals surface area contributed by atoms with E-state index in [-0.39, 0.29) is 4.90 Å². The fraction of sp³-hybridized carbons (Fsp3) is 0.167. The molecule has 0 aliphatic carbocycles. The van der Waals surface area contributed by atoms with Crippen LogP contribution in [-0.4, -0.2) is 15.3 Å². The van der Waals surface area contributed by atoms with E-state index in [1.165, 1.54) is 6.07 Å². The first-order valence-electron chi connectivity index (χ1n) is 3.10. The molecule has 0 bridgehead atoms. The molecular formula is C6H8BNO2S. The number of aryl methyl sites for hydroxylation is 1. The van der Waals surface area contributed by atoms with Gasteiger partial charge >= 0.3 is 65.9 Å². The van der Waals surface area contributed by atoms with Crippen LogP contribution >= 0.6 is 0 Å². The molecule has 0 aromatic carbocycles. The van der Waals surface area contributed by atoms with Crippen molar-refractivity contribution in [2.75, 3.05) is 0 Å². The third-order valence-corrected chi connectivity index (χ3v) is 2.47. The van der Waals surface area contributed by atoms with Gasteiger partial charge in [0.25, 0.3) is 0 Å². The molecule has 1 rings (SSSR count). The average Bonchev–Trinajstić information content (AvgIpc) is 1.86. The van der Waals surface area contributed by atoms with E-state index in [0.29, 0.717) is 5.46 Å². The molecule has 1 aromatic rings. The number of hydrogen-bond acceptors (Lipinski definition) is 2. The van der Waals surface area contributed by atoms with Crippen LogP contribution in [0.25, 0.3) is 0 Å². The molecule has 3 nitrogen and oxygen atoms in total. The molecule has 1 heterocycles. The van der Waals surface area contributed by atoms with Gasteiger partial charge in [-0.3, -0.25) is 0 Å². The first kappa shape index (κ1) is 8.42. The predicted molar refractivity (Wildman–Crippen MR) is 43.9 cm³/mol. The second-order valence-corrected chi connectivity index (χ2v) is 3.84. The zero-order valence-electron chi connectivity index (χ0n) is 6.11. The summed E-state index contributed by atoms with van der Waals surface area (Å²) in [6.45, 7) is 3.42. The van der Waals surface area contributed by atoms with E-state index in [4.69, 9.17) is 5.14 Å². The molecule has 0 aliphatic rings. The molecule has 0 fully saturated rings. The van der Waals surface area contributed by atoms with Crippen molar-refractivity contribution >= 4 is 16.9 Å². The Balaban J connectivity index is 3.37. The number of primary sulfonamides is 1. The summed E-state index contributed by atoms with van der Waals surface area (Å²) in [5, 5.41) is 4.93. The van der Waals surface area contributed by atoms with Gasteiger partial charge < -0.3 is 0 Å². The summed E-state index contributed by atoms with van der Waals surface area (Å²) < 4.78 is 21.7. The number of rotatable bonds is 1. The van der Waals surface area contributed by atoms with Crippen molar-refractivity contribution in [2.45, 2.75) is 11.8 Å². The molecule has 1 aromatic heterocycles.